The lowest BCUT2D eigenvalue weighted by Crippen LogP contribution is -2.48. The standard InChI is InChI=1S/C18H21ClFN3O/c19-17-11-15(20)4-1-14(17)12-22-7-9-23(10-8-22)18(24)13-2-5-16(21)6-3-13/h1-2,4-5,11H,3,6-10,12,21H2. The molecule has 1 aromatic rings. The highest BCUT2D eigenvalue weighted by Crippen LogP contribution is 2.21. The lowest BCUT2D eigenvalue weighted by molar-refractivity contribution is -0.129. The second-order valence-electron chi connectivity index (χ2n) is 6.24. The molecule has 0 saturated carbocycles. The highest BCUT2D eigenvalue weighted by Gasteiger charge is 2.24. The first-order chi connectivity index (χ1) is 11.5. The summed E-state index contributed by atoms with van der Waals surface area (Å²) in [5, 5.41) is 0.449. The largest absolute Gasteiger partial charge is 0.402 e. The van der Waals surface area contributed by atoms with Crippen molar-refractivity contribution >= 4 is 17.5 Å². The minimum Gasteiger partial charge on any atom is -0.402 e. The van der Waals surface area contributed by atoms with Crippen LogP contribution in [0.2, 0.25) is 5.02 Å². The van der Waals surface area contributed by atoms with Crippen LogP contribution in [0.1, 0.15) is 18.4 Å². The summed E-state index contributed by atoms with van der Waals surface area (Å²) in [4.78, 5) is 16.6. The number of carbonyl (C=O) groups is 1. The lowest BCUT2D eigenvalue weighted by atomic mass is 10.0. The maximum atomic E-state index is 13.1. The van der Waals surface area contributed by atoms with Crippen LogP contribution in [-0.4, -0.2) is 41.9 Å². The smallest absolute Gasteiger partial charge is 0.249 e. The van der Waals surface area contributed by atoms with Crippen molar-refractivity contribution in [1.82, 2.24) is 9.80 Å². The molecule has 4 nitrogen and oxygen atoms in total. The van der Waals surface area contributed by atoms with Gasteiger partial charge in [0.1, 0.15) is 5.82 Å². The van der Waals surface area contributed by atoms with Gasteiger partial charge in [0.2, 0.25) is 5.91 Å². The van der Waals surface area contributed by atoms with Gasteiger partial charge in [0, 0.05) is 49.0 Å². The van der Waals surface area contributed by atoms with Crippen LogP contribution in [-0.2, 0) is 11.3 Å². The first-order valence-corrected chi connectivity index (χ1v) is 8.51. The van der Waals surface area contributed by atoms with E-state index in [2.05, 4.69) is 4.90 Å². The molecular formula is C18H21ClFN3O. The fourth-order valence-corrected chi connectivity index (χ4v) is 3.26. The minimum absolute atomic E-state index is 0.109. The number of carbonyl (C=O) groups excluding carboxylic acids is 1. The summed E-state index contributed by atoms with van der Waals surface area (Å²) >= 11 is 6.09. The molecule has 1 aliphatic heterocycles. The number of nitrogens with zero attached hydrogens (tertiary/aromatic N) is 2. The first-order valence-electron chi connectivity index (χ1n) is 8.13. The Labute approximate surface area is 146 Å². The van der Waals surface area contributed by atoms with Gasteiger partial charge in [-0.3, -0.25) is 9.69 Å². The predicted molar refractivity (Wildman–Crippen MR) is 92.9 cm³/mol. The average Bonchev–Trinajstić information content (AvgIpc) is 2.58. The summed E-state index contributed by atoms with van der Waals surface area (Å²) in [7, 11) is 0. The number of hydrogen-bond acceptors (Lipinski definition) is 3. The van der Waals surface area contributed by atoms with Crippen molar-refractivity contribution in [3.63, 3.8) is 0 Å². The third-order valence-corrected chi connectivity index (χ3v) is 4.88. The van der Waals surface area contributed by atoms with E-state index in [1.807, 2.05) is 17.1 Å². The molecule has 0 bridgehead atoms. The highest BCUT2D eigenvalue weighted by atomic mass is 35.5. The van der Waals surface area contributed by atoms with E-state index < -0.39 is 0 Å². The SMILES string of the molecule is NC1=CC=C(C(=O)N2CCN(Cc3ccc(F)cc3Cl)CC2)CC1. The van der Waals surface area contributed by atoms with Crippen molar-refractivity contribution in [1.29, 1.82) is 0 Å². The van der Waals surface area contributed by atoms with E-state index in [4.69, 9.17) is 17.3 Å². The zero-order valence-electron chi connectivity index (χ0n) is 13.5. The molecule has 2 aliphatic rings. The van der Waals surface area contributed by atoms with E-state index in [0.717, 1.165) is 36.3 Å². The maximum absolute atomic E-state index is 13.1. The van der Waals surface area contributed by atoms with E-state index in [1.54, 1.807) is 6.07 Å². The normalized spacial score (nSPS) is 19.0. The zero-order chi connectivity index (χ0) is 17.1. The van der Waals surface area contributed by atoms with Crippen LogP contribution in [0.25, 0.3) is 0 Å². The van der Waals surface area contributed by atoms with Gasteiger partial charge < -0.3 is 10.6 Å². The number of nitrogens with two attached hydrogens (primary N) is 1. The quantitative estimate of drug-likeness (QED) is 0.912. The van der Waals surface area contributed by atoms with Crippen molar-refractivity contribution in [2.45, 2.75) is 19.4 Å². The summed E-state index contributed by atoms with van der Waals surface area (Å²) in [6.45, 7) is 3.61. The molecule has 0 spiro atoms. The van der Waals surface area contributed by atoms with Gasteiger partial charge in [-0.05, 0) is 36.6 Å². The molecule has 1 heterocycles. The van der Waals surface area contributed by atoms with Crippen LogP contribution < -0.4 is 5.73 Å². The summed E-state index contributed by atoms with van der Waals surface area (Å²) < 4.78 is 13.1. The van der Waals surface area contributed by atoms with Crippen molar-refractivity contribution in [2.24, 2.45) is 5.73 Å². The highest BCUT2D eigenvalue weighted by molar-refractivity contribution is 6.31. The van der Waals surface area contributed by atoms with Gasteiger partial charge in [0.05, 0.1) is 0 Å². The molecule has 128 valence electrons. The van der Waals surface area contributed by atoms with Crippen LogP contribution in [0.15, 0.2) is 41.6 Å². The molecule has 0 unspecified atom stereocenters. The summed E-state index contributed by atoms with van der Waals surface area (Å²) in [6, 6.07) is 4.49. The molecule has 1 saturated heterocycles. The molecule has 6 heteroatoms. The Morgan fingerprint density at radius 2 is 1.92 bits per heavy atom. The van der Waals surface area contributed by atoms with Gasteiger partial charge in [-0.15, -0.1) is 0 Å². The van der Waals surface area contributed by atoms with Crippen LogP contribution in [0.3, 0.4) is 0 Å². The number of allylic oxidation sites excluding steroid dienone is 3. The second kappa shape index (κ2) is 7.36. The molecule has 0 aromatic heterocycles. The molecule has 1 amide bonds. The third kappa shape index (κ3) is 3.97. The Morgan fingerprint density at radius 3 is 2.54 bits per heavy atom. The molecule has 24 heavy (non-hydrogen) atoms. The number of amides is 1. The van der Waals surface area contributed by atoms with E-state index in [-0.39, 0.29) is 11.7 Å². The van der Waals surface area contributed by atoms with Crippen LogP contribution in [0.4, 0.5) is 4.39 Å². The van der Waals surface area contributed by atoms with Crippen LogP contribution >= 0.6 is 11.6 Å². The Kier molecular flexibility index (Phi) is 5.21. The van der Waals surface area contributed by atoms with E-state index in [1.165, 1.54) is 12.1 Å². The molecular weight excluding hydrogens is 329 g/mol. The summed E-state index contributed by atoms with van der Waals surface area (Å²) in [5.74, 6) is -0.215. The Morgan fingerprint density at radius 1 is 1.17 bits per heavy atom. The summed E-state index contributed by atoms with van der Waals surface area (Å²) in [6.07, 6.45) is 5.13. The fourth-order valence-electron chi connectivity index (χ4n) is 3.03. The van der Waals surface area contributed by atoms with Crippen molar-refractivity contribution in [2.75, 3.05) is 26.2 Å². The predicted octanol–water partition coefficient (Wildman–Crippen LogP) is 2.69. The van der Waals surface area contributed by atoms with E-state index >= 15 is 0 Å². The Balaban J connectivity index is 1.55. The maximum Gasteiger partial charge on any atom is 0.249 e. The lowest BCUT2D eigenvalue weighted by Gasteiger charge is -2.35. The minimum atomic E-state index is -0.324. The molecule has 0 atom stereocenters. The van der Waals surface area contributed by atoms with E-state index in [0.29, 0.717) is 31.1 Å². The van der Waals surface area contributed by atoms with Crippen LogP contribution in [0, 0.1) is 5.82 Å². The topological polar surface area (TPSA) is 49.6 Å². The average molecular weight is 350 g/mol. The molecule has 1 aliphatic carbocycles. The van der Waals surface area contributed by atoms with Gasteiger partial charge >= 0.3 is 0 Å². The van der Waals surface area contributed by atoms with Crippen molar-refractivity contribution in [3.05, 3.63) is 58.0 Å². The number of halogens is 2. The number of rotatable bonds is 3. The van der Waals surface area contributed by atoms with Gasteiger partial charge in [-0.25, -0.2) is 4.39 Å². The van der Waals surface area contributed by atoms with Gasteiger partial charge in [0.25, 0.3) is 0 Å². The van der Waals surface area contributed by atoms with Gasteiger partial charge in [-0.2, -0.15) is 0 Å². The molecule has 1 aromatic carbocycles. The van der Waals surface area contributed by atoms with E-state index in [9.17, 15) is 9.18 Å². The van der Waals surface area contributed by atoms with Crippen molar-refractivity contribution < 1.29 is 9.18 Å². The molecule has 0 radical (unpaired) electrons. The monoisotopic (exact) mass is 349 g/mol. The number of piperazine rings is 1. The molecule has 2 N–H and O–H groups in total. The third-order valence-electron chi connectivity index (χ3n) is 4.52. The number of hydrogen-bond donors (Lipinski definition) is 1. The van der Waals surface area contributed by atoms with Crippen LogP contribution in [0.5, 0.6) is 0 Å². The Hall–Kier alpha value is -1.85. The van der Waals surface area contributed by atoms with Gasteiger partial charge in [-0.1, -0.05) is 23.7 Å². The number of benzene rings is 1. The Bertz CT molecular complexity index is 694. The molecule has 3 rings (SSSR count). The molecule has 1 fully saturated rings. The zero-order valence-corrected chi connectivity index (χ0v) is 14.2. The van der Waals surface area contributed by atoms with Gasteiger partial charge in [0.15, 0.2) is 0 Å². The summed E-state index contributed by atoms with van der Waals surface area (Å²) in [5.41, 5.74) is 8.31. The first kappa shape index (κ1) is 17.0. The fraction of sp³-hybridized carbons (Fsp3) is 0.389. The van der Waals surface area contributed by atoms with Crippen molar-refractivity contribution in [3.8, 4) is 0 Å². The second-order valence-corrected chi connectivity index (χ2v) is 6.64.